The molecule has 1 aromatic heterocycles. The van der Waals surface area contributed by atoms with Crippen molar-refractivity contribution in [3.05, 3.63) is 22.4 Å². The lowest BCUT2D eigenvalue weighted by Crippen LogP contribution is -2.42. The fourth-order valence-corrected chi connectivity index (χ4v) is 3.67. The summed E-state index contributed by atoms with van der Waals surface area (Å²) in [6, 6.07) is 4.39. The average Bonchev–Trinajstić information content (AvgIpc) is 2.89. The first kappa shape index (κ1) is 18.7. The van der Waals surface area contributed by atoms with Crippen LogP contribution in [-0.2, 0) is 6.42 Å². The van der Waals surface area contributed by atoms with Crippen molar-refractivity contribution >= 4 is 11.3 Å². The summed E-state index contributed by atoms with van der Waals surface area (Å²) in [5.41, 5.74) is 0.383. The predicted molar refractivity (Wildman–Crippen MR) is 96.2 cm³/mol. The Morgan fingerprint density at radius 3 is 2.71 bits per heavy atom. The first-order valence-electron chi connectivity index (χ1n) is 8.37. The maximum absolute atomic E-state index is 3.66. The van der Waals surface area contributed by atoms with Crippen LogP contribution in [0, 0.1) is 11.3 Å². The van der Waals surface area contributed by atoms with E-state index in [4.69, 9.17) is 0 Å². The molecule has 0 bridgehead atoms. The number of rotatable bonds is 11. The summed E-state index contributed by atoms with van der Waals surface area (Å²) in [4.78, 5) is 4.00. The van der Waals surface area contributed by atoms with Crippen LogP contribution < -0.4 is 5.32 Å². The van der Waals surface area contributed by atoms with Gasteiger partial charge in [-0.1, -0.05) is 40.2 Å². The van der Waals surface area contributed by atoms with Gasteiger partial charge in [0.2, 0.25) is 0 Å². The summed E-state index contributed by atoms with van der Waals surface area (Å²) in [5.74, 6) is 0.729. The predicted octanol–water partition coefficient (Wildman–Crippen LogP) is 4.27. The van der Waals surface area contributed by atoms with Crippen molar-refractivity contribution in [1.29, 1.82) is 0 Å². The molecule has 1 atom stereocenters. The Kier molecular flexibility index (Phi) is 8.53. The quantitative estimate of drug-likeness (QED) is 0.656. The molecule has 0 aliphatic heterocycles. The molecule has 0 aliphatic carbocycles. The van der Waals surface area contributed by atoms with Crippen LogP contribution in [0.4, 0.5) is 0 Å². The second-order valence-corrected chi connectivity index (χ2v) is 8.18. The Labute approximate surface area is 135 Å². The molecule has 1 aromatic rings. The van der Waals surface area contributed by atoms with E-state index in [9.17, 15) is 0 Å². The number of thiophene rings is 1. The van der Waals surface area contributed by atoms with E-state index in [2.05, 4.69) is 62.5 Å². The number of nitrogens with zero attached hydrogens (tertiary/aromatic N) is 1. The van der Waals surface area contributed by atoms with Crippen LogP contribution in [0.3, 0.4) is 0 Å². The van der Waals surface area contributed by atoms with Gasteiger partial charge in [-0.05, 0) is 49.2 Å². The minimum atomic E-state index is 0.383. The second-order valence-electron chi connectivity index (χ2n) is 7.15. The van der Waals surface area contributed by atoms with Crippen LogP contribution in [0.1, 0.15) is 45.4 Å². The molecule has 122 valence electrons. The molecular weight excluding hydrogens is 276 g/mol. The van der Waals surface area contributed by atoms with Crippen LogP contribution >= 0.6 is 11.3 Å². The summed E-state index contributed by atoms with van der Waals surface area (Å²) in [6.07, 6.45) is 3.73. The third kappa shape index (κ3) is 7.98. The Morgan fingerprint density at radius 2 is 2.14 bits per heavy atom. The van der Waals surface area contributed by atoms with Crippen molar-refractivity contribution in [2.75, 3.05) is 33.2 Å². The van der Waals surface area contributed by atoms with E-state index in [0.29, 0.717) is 5.41 Å². The van der Waals surface area contributed by atoms with Gasteiger partial charge < -0.3 is 10.2 Å². The van der Waals surface area contributed by atoms with Crippen molar-refractivity contribution in [2.45, 2.75) is 47.0 Å². The van der Waals surface area contributed by atoms with Crippen molar-refractivity contribution in [1.82, 2.24) is 10.2 Å². The molecular formula is C18H34N2S. The molecule has 0 aromatic carbocycles. The van der Waals surface area contributed by atoms with Crippen LogP contribution in [0.5, 0.6) is 0 Å². The molecule has 0 saturated carbocycles. The van der Waals surface area contributed by atoms with E-state index in [-0.39, 0.29) is 0 Å². The van der Waals surface area contributed by atoms with Gasteiger partial charge in [0.1, 0.15) is 0 Å². The standard InChI is InChI=1S/C18H34N2S/c1-6-10-18(4,14-19-13-16(2)3)15-20(5)11-9-17-8-7-12-21-17/h7-8,12,16,19H,6,9-11,13-15H2,1-5H3. The van der Waals surface area contributed by atoms with E-state index in [1.807, 2.05) is 11.3 Å². The lowest BCUT2D eigenvalue weighted by molar-refractivity contribution is 0.173. The van der Waals surface area contributed by atoms with Gasteiger partial charge in [-0.2, -0.15) is 0 Å². The maximum Gasteiger partial charge on any atom is 0.00579 e. The molecule has 0 amide bonds. The van der Waals surface area contributed by atoms with Crippen LogP contribution in [0.2, 0.25) is 0 Å². The van der Waals surface area contributed by atoms with Gasteiger partial charge in [-0.25, -0.2) is 0 Å². The molecule has 1 heterocycles. The van der Waals surface area contributed by atoms with Crippen LogP contribution in [0.25, 0.3) is 0 Å². The van der Waals surface area contributed by atoms with Gasteiger partial charge in [0.25, 0.3) is 0 Å². The highest BCUT2D eigenvalue weighted by atomic mass is 32.1. The largest absolute Gasteiger partial charge is 0.316 e. The lowest BCUT2D eigenvalue weighted by atomic mass is 9.84. The summed E-state index contributed by atoms with van der Waals surface area (Å²) in [7, 11) is 2.27. The molecule has 3 heteroatoms. The highest BCUT2D eigenvalue weighted by molar-refractivity contribution is 7.09. The smallest absolute Gasteiger partial charge is 0.00579 e. The van der Waals surface area contributed by atoms with Gasteiger partial charge in [-0.3, -0.25) is 0 Å². The summed E-state index contributed by atoms with van der Waals surface area (Å²) in [6.45, 7) is 13.9. The van der Waals surface area contributed by atoms with Crippen molar-refractivity contribution in [2.24, 2.45) is 11.3 Å². The summed E-state index contributed by atoms with van der Waals surface area (Å²) < 4.78 is 0. The Hall–Kier alpha value is -0.380. The Balaban J connectivity index is 2.39. The van der Waals surface area contributed by atoms with E-state index in [1.165, 1.54) is 30.7 Å². The molecule has 21 heavy (non-hydrogen) atoms. The molecule has 2 nitrogen and oxygen atoms in total. The number of hydrogen-bond donors (Lipinski definition) is 1. The van der Waals surface area contributed by atoms with Crippen molar-refractivity contribution in [3.8, 4) is 0 Å². The average molecular weight is 311 g/mol. The number of hydrogen-bond acceptors (Lipinski definition) is 3. The first-order chi connectivity index (χ1) is 9.95. The van der Waals surface area contributed by atoms with Crippen molar-refractivity contribution in [3.63, 3.8) is 0 Å². The molecule has 1 N–H and O–H groups in total. The SMILES string of the molecule is CCCC(C)(CNCC(C)C)CN(C)CCc1cccs1. The fraction of sp³-hybridized carbons (Fsp3) is 0.778. The van der Waals surface area contributed by atoms with Gasteiger partial charge in [0.05, 0.1) is 0 Å². The Bertz CT molecular complexity index is 361. The zero-order chi connectivity index (χ0) is 15.7. The van der Waals surface area contributed by atoms with E-state index >= 15 is 0 Å². The molecule has 0 aliphatic rings. The molecule has 0 spiro atoms. The minimum Gasteiger partial charge on any atom is -0.316 e. The summed E-state index contributed by atoms with van der Waals surface area (Å²) in [5, 5.41) is 5.83. The monoisotopic (exact) mass is 310 g/mol. The zero-order valence-corrected chi connectivity index (χ0v) is 15.4. The number of likely N-dealkylation sites (N-methyl/N-ethyl adjacent to an activating group) is 1. The van der Waals surface area contributed by atoms with E-state index < -0.39 is 0 Å². The van der Waals surface area contributed by atoms with Crippen LogP contribution in [-0.4, -0.2) is 38.1 Å². The second kappa shape index (κ2) is 9.60. The minimum absolute atomic E-state index is 0.383. The van der Waals surface area contributed by atoms with Gasteiger partial charge in [-0.15, -0.1) is 11.3 Å². The molecule has 0 fully saturated rings. The van der Waals surface area contributed by atoms with Crippen LogP contribution in [0.15, 0.2) is 17.5 Å². The van der Waals surface area contributed by atoms with E-state index in [1.54, 1.807) is 0 Å². The summed E-state index contributed by atoms with van der Waals surface area (Å²) >= 11 is 1.87. The molecule has 1 unspecified atom stereocenters. The lowest BCUT2D eigenvalue weighted by Gasteiger charge is -2.34. The molecule has 0 saturated heterocycles. The highest BCUT2D eigenvalue weighted by Crippen LogP contribution is 2.24. The molecule has 1 rings (SSSR count). The fourth-order valence-electron chi connectivity index (χ4n) is 2.98. The number of nitrogens with one attached hydrogen (secondary N) is 1. The third-order valence-corrected chi connectivity index (χ3v) is 4.87. The zero-order valence-electron chi connectivity index (χ0n) is 14.6. The normalized spacial score (nSPS) is 14.8. The van der Waals surface area contributed by atoms with E-state index in [0.717, 1.165) is 25.6 Å². The van der Waals surface area contributed by atoms with Gasteiger partial charge in [0, 0.05) is 24.5 Å². The van der Waals surface area contributed by atoms with Crippen molar-refractivity contribution < 1.29 is 0 Å². The van der Waals surface area contributed by atoms with Gasteiger partial charge >= 0.3 is 0 Å². The van der Waals surface area contributed by atoms with Gasteiger partial charge in [0.15, 0.2) is 0 Å². The topological polar surface area (TPSA) is 15.3 Å². The first-order valence-corrected chi connectivity index (χ1v) is 9.25. The highest BCUT2D eigenvalue weighted by Gasteiger charge is 2.24. The Morgan fingerprint density at radius 1 is 1.38 bits per heavy atom. The third-order valence-electron chi connectivity index (χ3n) is 3.93. The molecule has 0 radical (unpaired) electrons. The maximum atomic E-state index is 3.66.